The molecule has 4 N–H and O–H groups in total. The summed E-state index contributed by atoms with van der Waals surface area (Å²) in [6, 6.07) is 7.17. The number of methoxy groups -OCH3 is 1. The van der Waals surface area contributed by atoms with Crippen LogP contribution in [-0.4, -0.2) is 61.3 Å². The molecule has 0 radical (unpaired) electrons. The Hall–Kier alpha value is -3.76. The number of carbonyl (C=O) groups is 2. The van der Waals surface area contributed by atoms with Crippen LogP contribution in [0.25, 0.3) is 11.3 Å². The van der Waals surface area contributed by atoms with Gasteiger partial charge in [-0.25, -0.2) is 0 Å². The van der Waals surface area contributed by atoms with Crippen LogP contribution in [0, 0.1) is 0 Å². The van der Waals surface area contributed by atoms with Crippen LogP contribution in [0.1, 0.15) is 16.1 Å². The van der Waals surface area contributed by atoms with Crippen LogP contribution >= 0.6 is 11.6 Å². The molecule has 2 amide bonds. The summed E-state index contributed by atoms with van der Waals surface area (Å²) >= 11 is 6.33. The van der Waals surface area contributed by atoms with Gasteiger partial charge < -0.3 is 35.1 Å². The third kappa shape index (κ3) is 4.62. The highest BCUT2D eigenvalue weighted by Gasteiger charge is 2.29. The summed E-state index contributed by atoms with van der Waals surface area (Å²) in [6.07, 6.45) is 3.64. The second kappa shape index (κ2) is 9.85. The van der Waals surface area contributed by atoms with Gasteiger partial charge in [0.1, 0.15) is 25.1 Å². The molecule has 0 saturated carbocycles. The first kappa shape index (κ1) is 23.0. The topological polar surface area (TPSA) is 127 Å². The Morgan fingerprint density at radius 3 is 2.94 bits per heavy atom. The van der Waals surface area contributed by atoms with Gasteiger partial charge in [0.2, 0.25) is 5.91 Å². The number of amides is 2. The fourth-order valence-corrected chi connectivity index (χ4v) is 4.43. The van der Waals surface area contributed by atoms with Crippen LogP contribution in [-0.2, 0) is 16.0 Å². The third-order valence-electron chi connectivity index (χ3n) is 5.85. The van der Waals surface area contributed by atoms with Crippen LogP contribution in [0.5, 0.6) is 11.5 Å². The first-order valence-corrected chi connectivity index (χ1v) is 11.5. The number of carbonyl (C=O) groups excluding carboxylic acids is 2. The summed E-state index contributed by atoms with van der Waals surface area (Å²) in [5.74, 6) is 0.646. The molecule has 1 aromatic carbocycles. The number of hydrogen-bond acceptors (Lipinski definition) is 7. The van der Waals surface area contributed by atoms with Crippen LogP contribution in [0.15, 0.2) is 36.7 Å². The Balaban J connectivity index is 1.53. The molecule has 182 valence electrons. The highest BCUT2D eigenvalue weighted by molar-refractivity contribution is 6.32. The maximum Gasteiger partial charge on any atom is 0.255 e. The van der Waals surface area contributed by atoms with Crippen LogP contribution in [0.2, 0.25) is 5.02 Å². The van der Waals surface area contributed by atoms with E-state index in [0.29, 0.717) is 64.2 Å². The number of morpholine rings is 1. The van der Waals surface area contributed by atoms with Gasteiger partial charge in [-0.15, -0.1) is 0 Å². The number of nitrogens with one attached hydrogen (secondary N) is 4. The zero-order valence-corrected chi connectivity index (χ0v) is 19.7. The van der Waals surface area contributed by atoms with E-state index < -0.39 is 0 Å². The highest BCUT2D eigenvalue weighted by atomic mass is 35.5. The third-order valence-corrected chi connectivity index (χ3v) is 6.15. The molecular weight excluding hydrogens is 474 g/mol. The average Bonchev–Trinajstić information content (AvgIpc) is 3.23. The lowest BCUT2D eigenvalue weighted by atomic mass is 10.0. The van der Waals surface area contributed by atoms with Crippen molar-refractivity contribution in [1.82, 2.24) is 20.6 Å². The average molecular weight is 498 g/mol. The van der Waals surface area contributed by atoms with Gasteiger partial charge >= 0.3 is 0 Å². The number of H-pyrrole nitrogens is 1. The number of aromatic amines is 1. The van der Waals surface area contributed by atoms with Crippen molar-refractivity contribution < 1.29 is 23.8 Å². The van der Waals surface area contributed by atoms with E-state index >= 15 is 0 Å². The van der Waals surface area contributed by atoms with Crippen molar-refractivity contribution in [3.8, 4) is 22.8 Å². The smallest absolute Gasteiger partial charge is 0.255 e. The molecule has 1 fully saturated rings. The molecule has 0 bridgehead atoms. The molecule has 3 aromatic rings. The van der Waals surface area contributed by atoms with Crippen molar-refractivity contribution in [3.05, 3.63) is 52.9 Å². The summed E-state index contributed by atoms with van der Waals surface area (Å²) in [7, 11) is 1.54. The maximum absolute atomic E-state index is 12.9. The zero-order valence-electron chi connectivity index (χ0n) is 18.9. The number of rotatable bonds is 7. The number of para-hydroxylation sites is 1. The minimum absolute atomic E-state index is 0.00190. The molecule has 1 saturated heterocycles. The Kier molecular flexibility index (Phi) is 6.47. The van der Waals surface area contributed by atoms with Gasteiger partial charge in [-0.2, -0.15) is 0 Å². The number of pyridine rings is 1. The second-order valence-corrected chi connectivity index (χ2v) is 8.51. The summed E-state index contributed by atoms with van der Waals surface area (Å²) in [5, 5.41) is 9.47. The normalized spacial score (nSPS) is 17.3. The second-order valence-electron chi connectivity index (χ2n) is 8.10. The van der Waals surface area contributed by atoms with E-state index in [1.54, 1.807) is 24.5 Å². The van der Waals surface area contributed by atoms with Gasteiger partial charge in [-0.3, -0.25) is 14.6 Å². The summed E-state index contributed by atoms with van der Waals surface area (Å²) in [4.78, 5) is 31.9. The molecule has 2 aliphatic heterocycles. The number of hydrogen-bond donors (Lipinski definition) is 4. The molecule has 2 aliphatic rings. The fourth-order valence-electron chi connectivity index (χ4n) is 4.18. The predicted octanol–water partition coefficient (Wildman–Crippen LogP) is 2.66. The van der Waals surface area contributed by atoms with E-state index in [2.05, 4.69) is 25.9 Å². The molecule has 35 heavy (non-hydrogen) atoms. The SMILES string of the molecule is COc1c(Cl)cccc1Nc1c(-c2ccncc2OC[C@@H]2CNC(=O)CO2)[nH]c2c1C(=O)NCC2. The molecule has 2 aromatic heterocycles. The number of anilines is 2. The van der Waals surface area contributed by atoms with E-state index in [4.69, 9.17) is 25.8 Å². The van der Waals surface area contributed by atoms with Gasteiger partial charge in [0, 0.05) is 37.0 Å². The van der Waals surface area contributed by atoms with E-state index in [-0.39, 0.29) is 31.1 Å². The lowest BCUT2D eigenvalue weighted by Crippen LogP contribution is -2.45. The molecule has 11 heteroatoms. The number of aromatic nitrogens is 2. The molecule has 1 atom stereocenters. The minimum atomic E-state index is -0.281. The lowest BCUT2D eigenvalue weighted by molar-refractivity contribution is -0.134. The zero-order chi connectivity index (χ0) is 24.4. The van der Waals surface area contributed by atoms with Crippen LogP contribution in [0.4, 0.5) is 11.4 Å². The molecule has 4 heterocycles. The number of ether oxygens (including phenoxy) is 3. The van der Waals surface area contributed by atoms with Gasteiger partial charge in [-0.1, -0.05) is 17.7 Å². The van der Waals surface area contributed by atoms with Crippen molar-refractivity contribution in [2.75, 3.05) is 38.7 Å². The number of nitrogens with zero attached hydrogens (tertiary/aromatic N) is 1. The van der Waals surface area contributed by atoms with Gasteiger partial charge in [-0.05, 0) is 18.2 Å². The summed E-state index contributed by atoms with van der Waals surface area (Å²) in [6.45, 7) is 1.13. The number of benzene rings is 1. The Morgan fingerprint density at radius 1 is 1.26 bits per heavy atom. The summed E-state index contributed by atoms with van der Waals surface area (Å²) < 4.78 is 17.1. The molecule has 5 rings (SSSR count). The first-order chi connectivity index (χ1) is 17.0. The predicted molar refractivity (Wildman–Crippen MR) is 130 cm³/mol. The monoisotopic (exact) mass is 497 g/mol. The standard InChI is InChI=1S/C24H24ClN5O5/c1-33-23-15(25)3-2-4-17(23)30-22-20-16(6-8-27-24(20)32)29-21(22)14-5-7-26-10-18(14)35-11-13-9-28-19(31)12-34-13/h2-5,7,10,13,29-30H,6,8-9,11-12H2,1H3,(H,27,32)(H,28,31)/t13-/m0/s1. The molecule has 0 aliphatic carbocycles. The van der Waals surface area contributed by atoms with Crippen LogP contribution in [0.3, 0.4) is 0 Å². The van der Waals surface area contributed by atoms with Crippen molar-refractivity contribution >= 4 is 34.8 Å². The molecule has 10 nitrogen and oxygen atoms in total. The Labute approximate surface area is 206 Å². The van der Waals surface area contributed by atoms with E-state index in [0.717, 1.165) is 5.69 Å². The molecule has 0 unspecified atom stereocenters. The van der Waals surface area contributed by atoms with Crippen molar-refractivity contribution in [2.45, 2.75) is 12.5 Å². The van der Waals surface area contributed by atoms with Gasteiger partial charge in [0.15, 0.2) is 5.75 Å². The van der Waals surface area contributed by atoms with Gasteiger partial charge in [0.05, 0.1) is 41.0 Å². The van der Waals surface area contributed by atoms with E-state index in [9.17, 15) is 9.59 Å². The quantitative estimate of drug-likeness (QED) is 0.395. The van der Waals surface area contributed by atoms with E-state index in [1.807, 2.05) is 12.1 Å². The van der Waals surface area contributed by atoms with Crippen molar-refractivity contribution in [3.63, 3.8) is 0 Å². The Morgan fingerprint density at radius 2 is 2.14 bits per heavy atom. The van der Waals surface area contributed by atoms with E-state index in [1.165, 1.54) is 7.11 Å². The minimum Gasteiger partial charge on any atom is -0.493 e. The van der Waals surface area contributed by atoms with Gasteiger partial charge in [0.25, 0.3) is 5.91 Å². The summed E-state index contributed by atoms with van der Waals surface area (Å²) in [5.41, 5.74) is 3.91. The number of fused-ring (bicyclic) bond motifs is 1. The van der Waals surface area contributed by atoms with Crippen LogP contribution < -0.4 is 25.4 Å². The highest BCUT2D eigenvalue weighted by Crippen LogP contribution is 2.42. The maximum atomic E-state index is 12.9. The number of halogens is 1. The largest absolute Gasteiger partial charge is 0.493 e. The fraction of sp³-hybridized carbons (Fsp3) is 0.292. The van der Waals surface area contributed by atoms with Crippen molar-refractivity contribution in [1.29, 1.82) is 0 Å². The van der Waals surface area contributed by atoms with Crippen molar-refractivity contribution in [2.24, 2.45) is 0 Å². The Bertz CT molecular complexity index is 1270. The lowest BCUT2D eigenvalue weighted by Gasteiger charge is -2.23. The first-order valence-electron chi connectivity index (χ1n) is 11.1. The molecular formula is C24H24ClN5O5. The molecule has 0 spiro atoms.